The summed E-state index contributed by atoms with van der Waals surface area (Å²) in [6.45, 7) is 2.32. The number of carbonyl (C=O) groups is 1. The van der Waals surface area contributed by atoms with Gasteiger partial charge in [-0.3, -0.25) is 9.10 Å². The van der Waals surface area contributed by atoms with Gasteiger partial charge in [0.25, 0.3) is 5.91 Å². The van der Waals surface area contributed by atoms with Crippen LogP contribution in [0.3, 0.4) is 0 Å². The standard InChI is InChI=1S/C23H26N2O5S/c1-17(30-20-13-11-19(12-14-20)25(2)31(3,27)28)23(26)24-15-16-29-22-10-6-8-18-7-4-5-9-21(18)22/h4-14,17H,15-16H2,1-3H3,(H,24,26)/t17-/m0/s1. The second-order valence-corrected chi connectivity index (χ2v) is 9.12. The van der Waals surface area contributed by atoms with E-state index in [1.165, 1.54) is 11.4 Å². The van der Waals surface area contributed by atoms with Crippen LogP contribution in [-0.4, -0.2) is 46.9 Å². The summed E-state index contributed by atoms with van der Waals surface area (Å²) in [5, 5.41) is 4.92. The number of hydrogen-bond acceptors (Lipinski definition) is 5. The third-order valence-corrected chi connectivity index (χ3v) is 5.99. The molecule has 0 radical (unpaired) electrons. The lowest BCUT2D eigenvalue weighted by atomic mass is 10.1. The van der Waals surface area contributed by atoms with Gasteiger partial charge in [0.1, 0.15) is 18.1 Å². The first-order valence-corrected chi connectivity index (χ1v) is 11.7. The molecule has 0 aliphatic rings. The van der Waals surface area contributed by atoms with E-state index in [2.05, 4.69) is 5.32 Å². The monoisotopic (exact) mass is 442 g/mol. The SMILES string of the molecule is C[C@H](Oc1ccc(N(C)S(C)(=O)=O)cc1)C(=O)NCCOc1cccc2ccccc12. The lowest BCUT2D eigenvalue weighted by molar-refractivity contribution is -0.127. The highest BCUT2D eigenvalue weighted by Gasteiger charge is 2.15. The van der Waals surface area contributed by atoms with Crippen molar-refractivity contribution >= 4 is 32.4 Å². The smallest absolute Gasteiger partial charge is 0.260 e. The molecule has 0 unspecified atom stereocenters. The Balaban J connectivity index is 1.47. The number of sulfonamides is 1. The zero-order valence-electron chi connectivity index (χ0n) is 17.7. The van der Waals surface area contributed by atoms with Crippen molar-refractivity contribution in [3.8, 4) is 11.5 Å². The van der Waals surface area contributed by atoms with E-state index < -0.39 is 16.1 Å². The van der Waals surface area contributed by atoms with E-state index in [1.807, 2.05) is 42.5 Å². The lowest BCUT2D eigenvalue weighted by Gasteiger charge is -2.18. The van der Waals surface area contributed by atoms with Crippen LogP contribution in [0.2, 0.25) is 0 Å². The van der Waals surface area contributed by atoms with Crippen LogP contribution in [0.4, 0.5) is 5.69 Å². The molecule has 1 N–H and O–H groups in total. The predicted molar refractivity (Wildman–Crippen MR) is 122 cm³/mol. The summed E-state index contributed by atoms with van der Waals surface area (Å²) >= 11 is 0. The maximum absolute atomic E-state index is 12.3. The number of anilines is 1. The number of fused-ring (bicyclic) bond motifs is 1. The normalized spacial score (nSPS) is 12.2. The zero-order chi connectivity index (χ0) is 22.4. The van der Waals surface area contributed by atoms with Gasteiger partial charge >= 0.3 is 0 Å². The molecule has 1 atom stereocenters. The van der Waals surface area contributed by atoms with Gasteiger partial charge in [-0.25, -0.2) is 8.42 Å². The second-order valence-electron chi connectivity index (χ2n) is 7.10. The lowest BCUT2D eigenvalue weighted by Crippen LogP contribution is -2.38. The van der Waals surface area contributed by atoms with Crippen molar-refractivity contribution < 1.29 is 22.7 Å². The van der Waals surface area contributed by atoms with Gasteiger partial charge in [0.05, 0.1) is 18.5 Å². The molecular weight excluding hydrogens is 416 g/mol. The van der Waals surface area contributed by atoms with Crippen LogP contribution in [0.25, 0.3) is 10.8 Å². The Kier molecular flexibility index (Phi) is 7.02. The van der Waals surface area contributed by atoms with Gasteiger partial charge < -0.3 is 14.8 Å². The number of rotatable bonds is 9. The van der Waals surface area contributed by atoms with E-state index in [4.69, 9.17) is 9.47 Å². The van der Waals surface area contributed by atoms with Crippen molar-refractivity contribution in [2.75, 3.05) is 30.8 Å². The Hall–Kier alpha value is -3.26. The first-order chi connectivity index (χ1) is 14.8. The van der Waals surface area contributed by atoms with Crippen LogP contribution in [0.1, 0.15) is 6.92 Å². The summed E-state index contributed by atoms with van der Waals surface area (Å²) in [7, 11) is -1.86. The first kappa shape index (κ1) is 22.4. The average Bonchev–Trinajstić information content (AvgIpc) is 2.76. The fourth-order valence-electron chi connectivity index (χ4n) is 2.98. The molecule has 0 aliphatic carbocycles. The molecule has 7 nitrogen and oxygen atoms in total. The molecule has 3 aromatic carbocycles. The van der Waals surface area contributed by atoms with Crippen molar-refractivity contribution in [1.29, 1.82) is 0 Å². The number of ether oxygens (including phenoxy) is 2. The maximum Gasteiger partial charge on any atom is 0.260 e. The zero-order valence-corrected chi connectivity index (χ0v) is 18.6. The van der Waals surface area contributed by atoms with Crippen LogP contribution >= 0.6 is 0 Å². The van der Waals surface area contributed by atoms with Crippen LogP contribution < -0.4 is 19.1 Å². The van der Waals surface area contributed by atoms with Crippen LogP contribution in [0.5, 0.6) is 11.5 Å². The highest BCUT2D eigenvalue weighted by molar-refractivity contribution is 7.92. The Morgan fingerprint density at radius 1 is 1.03 bits per heavy atom. The Bertz CT molecular complexity index is 1140. The molecule has 0 bridgehead atoms. The molecule has 0 saturated carbocycles. The molecule has 164 valence electrons. The van der Waals surface area contributed by atoms with E-state index in [0.717, 1.165) is 22.8 Å². The summed E-state index contributed by atoms with van der Waals surface area (Å²) in [6, 6.07) is 20.3. The quantitative estimate of drug-likeness (QED) is 0.515. The van der Waals surface area contributed by atoms with Crippen molar-refractivity contribution in [3.05, 3.63) is 66.7 Å². The fourth-order valence-corrected chi connectivity index (χ4v) is 3.49. The van der Waals surface area contributed by atoms with Crippen molar-refractivity contribution in [1.82, 2.24) is 5.32 Å². The van der Waals surface area contributed by atoms with Crippen molar-refractivity contribution in [2.24, 2.45) is 0 Å². The first-order valence-electron chi connectivity index (χ1n) is 9.84. The van der Waals surface area contributed by atoms with E-state index in [-0.39, 0.29) is 5.91 Å². The largest absolute Gasteiger partial charge is 0.491 e. The van der Waals surface area contributed by atoms with Gasteiger partial charge in [0, 0.05) is 12.4 Å². The topological polar surface area (TPSA) is 84.9 Å². The summed E-state index contributed by atoms with van der Waals surface area (Å²) in [4.78, 5) is 12.3. The highest BCUT2D eigenvalue weighted by atomic mass is 32.2. The molecule has 31 heavy (non-hydrogen) atoms. The Labute approximate surface area is 182 Å². The van der Waals surface area contributed by atoms with Crippen molar-refractivity contribution in [2.45, 2.75) is 13.0 Å². The minimum Gasteiger partial charge on any atom is -0.491 e. The molecule has 0 heterocycles. The molecule has 0 fully saturated rings. The van der Waals surface area contributed by atoms with E-state index in [1.54, 1.807) is 31.2 Å². The Morgan fingerprint density at radius 2 is 1.71 bits per heavy atom. The molecule has 8 heteroatoms. The fraction of sp³-hybridized carbons (Fsp3) is 0.261. The van der Waals surface area contributed by atoms with Gasteiger partial charge in [-0.2, -0.15) is 0 Å². The number of hydrogen-bond donors (Lipinski definition) is 1. The summed E-state index contributed by atoms with van der Waals surface area (Å²) in [5.74, 6) is 0.981. The molecule has 3 rings (SSSR count). The molecular formula is C23H26N2O5S. The molecule has 0 aromatic heterocycles. The number of carbonyl (C=O) groups excluding carboxylic acids is 1. The molecule has 3 aromatic rings. The Morgan fingerprint density at radius 3 is 2.42 bits per heavy atom. The molecule has 0 spiro atoms. The summed E-state index contributed by atoms with van der Waals surface area (Å²) in [6.07, 6.45) is 0.421. The van der Waals surface area contributed by atoms with E-state index >= 15 is 0 Å². The second kappa shape index (κ2) is 9.70. The van der Waals surface area contributed by atoms with Gasteiger partial charge in [0.2, 0.25) is 10.0 Å². The van der Waals surface area contributed by atoms with Gasteiger partial charge in [-0.15, -0.1) is 0 Å². The number of benzene rings is 3. The van der Waals surface area contributed by atoms with Crippen LogP contribution in [-0.2, 0) is 14.8 Å². The molecule has 0 aliphatic heterocycles. The summed E-state index contributed by atoms with van der Waals surface area (Å²) < 4.78 is 35.8. The van der Waals surface area contributed by atoms with E-state index in [0.29, 0.717) is 24.6 Å². The maximum atomic E-state index is 12.3. The minimum absolute atomic E-state index is 0.265. The third kappa shape index (κ3) is 5.88. The van der Waals surface area contributed by atoms with Crippen molar-refractivity contribution in [3.63, 3.8) is 0 Å². The number of nitrogens with zero attached hydrogens (tertiary/aromatic N) is 1. The van der Waals surface area contributed by atoms with Crippen LogP contribution in [0.15, 0.2) is 66.7 Å². The van der Waals surface area contributed by atoms with Gasteiger partial charge in [-0.1, -0.05) is 36.4 Å². The van der Waals surface area contributed by atoms with Gasteiger partial charge in [0.15, 0.2) is 6.10 Å². The predicted octanol–water partition coefficient (Wildman–Crippen LogP) is 3.20. The molecule has 0 saturated heterocycles. The highest BCUT2D eigenvalue weighted by Crippen LogP contribution is 2.25. The molecule has 1 amide bonds. The minimum atomic E-state index is -3.33. The average molecular weight is 443 g/mol. The van der Waals surface area contributed by atoms with E-state index in [9.17, 15) is 13.2 Å². The third-order valence-electron chi connectivity index (χ3n) is 4.79. The van der Waals surface area contributed by atoms with Crippen LogP contribution in [0, 0.1) is 0 Å². The number of nitrogens with one attached hydrogen (secondary N) is 1. The number of amides is 1. The summed E-state index contributed by atoms with van der Waals surface area (Å²) in [5.41, 5.74) is 0.512. The van der Waals surface area contributed by atoms with Gasteiger partial charge in [-0.05, 0) is 42.6 Å².